The van der Waals surface area contributed by atoms with Gasteiger partial charge in [0.1, 0.15) is 5.75 Å². The molecule has 0 heterocycles. The number of thiocarbonyl (C=S) groups is 1. The van der Waals surface area contributed by atoms with Gasteiger partial charge in [0.25, 0.3) is 5.91 Å². The van der Waals surface area contributed by atoms with Crippen LogP contribution in [0.4, 0.5) is 0 Å². The van der Waals surface area contributed by atoms with Crippen LogP contribution in [0.5, 0.6) is 5.75 Å². The third-order valence-corrected chi connectivity index (χ3v) is 4.68. The van der Waals surface area contributed by atoms with E-state index in [2.05, 4.69) is 35.2 Å². The number of thioether (sulfide) groups is 1. The lowest BCUT2D eigenvalue weighted by Gasteiger charge is -2.12. The monoisotopic (exact) mass is 389 g/mol. The summed E-state index contributed by atoms with van der Waals surface area (Å²) in [6.45, 7) is 2.71. The van der Waals surface area contributed by atoms with E-state index in [1.807, 2.05) is 42.5 Å². The van der Waals surface area contributed by atoms with Gasteiger partial charge < -0.3 is 10.1 Å². The van der Waals surface area contributed by atoms with Crippen LogP contribution in [0.15, 0.2) is 59.5 Å². The molecule has 2 aromatic rings. The molecule has 0 atom stereocenters. The molecule has 7 heteroatoms. The molecule has 5 nitrogen and oxygen atoms in total. The second-order valence-corrected chi connectivity index (χ2v) is 6.95. The molecule has 2 aromatic carbocycles. The highest BCUT2D eigenvalue weighted by Gasteiger charge is 2.03. The minimum atomic E-state index is -0.299. The molecule has 0 bridgehead atoms. The van der Waals surface area contributed by atoms with Gasteiger partial charge in [-0.25, -0.2) is 0 Å². The molecule has 26 heavy (non-hydrogen) atoms. The summed E-state index contributed by atoms with van der Waals surface area (Å²) in [5, 5.41) is 3.41. The van der Waals surface area contributed by atoms with Crippen molar-refractivity contribution in [2.75, 3.05) is 18.9 Å². The van der Waals surface area contributed by atoms with E-state index in [0.29, 0.717) is 17.4 Å². The first kappa shape index (κ1) is 20.1. The molecule has 0 spiro atoms. The van der Waals surface area contributed by atoms with Crippen LogP contribution in [-0.2, 0) is 11.2 Å². The number of hydrogen-bond acceptors (Lipinski definition) is 4. The van der Waals surface area contributed by atoms with Crippen molar-refractivity contribution in [1.82, 2.24) is 16.2 Å². The van der Waals surface area contributed by atoms with Crippen LogP contribution in [-0.4, -0.2) is 29.9 Å². The Morgan fingerprint density at radius 1 is 1.08 bits per heavy atom. The highest BCUT2D eigenvalue weighted by Crippen LogP contribution is 2.15. The number of hydrazine groups is 1. The van der Waals surface area contributed by atoms with Crippen LogP contribution < -0.4 is 20.9 Å². The molecule has 0 aliphatic carbocycles. The fourth-order valence-corrected chi connectivity index (χ4v) is 2.97. The number of carbonyl (C=O) groups excluding carboxylic acids is 1. The van der Waals surface area contributed by atoms with Gasteiger partial charge in [0.05, 0.1) is 0 Å². The molecule has 2 rings (SSSR count). The van der Waals surface area contributed by atoms with Gasteiger partial charge in [-0.3, -0.25) is 15.6 Å². The second-order valence-electron chi connectivity index (χ2n) is 5.38. The average Bonchev–Trinajstić information content (AvgIpc) is 2.69. The van der Waals surface area contributed by atoms with E-state index < -0.39 is 0 Å². The molecule has 0 aliphatic rings. The third-order valence-electron chi connectivity index (χ3n) is 3.42. The molecule has 0 fully saturated rings. The maximum atomic E-state index is 11.8. The minimum Gasteiger partial charge on any atom is -0.484 e. The van der Waals surface area contributed by atoms with Crippen molar-refractivity contribution in [3.8, 4) is 5.75 Å². The van der Waals surface area contributed by atoms with E-state index >= 15 is 0 Å². The molecule has 138 valence electrons. The van der Waals surface area contributed by atoms with Crippen molar-refractivity contribution in [2.45, 2.75) is 18.2 Å². The summed E-state index contributed by atoms with van der Waals surface area (Å²) >= 11 is 6.86. The van der Waals surface area contributed by atoms with Crippen LogP contribution in [0.25, 0.3) is 0 Å². The normalized spacial score (nSPS) is 10.0. The van der Waals surface area contributed by atoms with Crippen molar-refractivity contribution in [3.63, 3.8) is 0 Å². The molecule has 3 N–H and O–H groups in total. The van der Waals surface area contributed by atoms with Gasteiger partial charge in [0, 0.05) is 17.2 Å². The first-order valence-electron chi connectivity index (χ1n) is 8.39. The van der Waals surface area contributed by atoms with Crippen LogP contribution in [0.3, 0.4) is 0 Å². The van der Waals surface area contributed by atoms with Crippen molar-refractivity contribution in [1.29, 1.82) is 0 Å². The Morgan fingerprint density at radius 3 is 2.50 bits per heavy atom. The van der Waals surface area contributed by atoms with E-state index in [-0.39, 0.29) is 12.5 Å². The number of hydrogen-bond donors (Lipinski definition) is 3. The summed E-state index contributed by atoms with van der Waals surface area (Å²) in [4.78, 5) is 13.0. The Morgan fingerprint density at radius 2 is 1.81 bits per heavy atom. The van der Waals surface area contributed by atoms with E-state index in [1.54, 1.807) is 11.8 Å². The lowest BCUT2D eigenvalue weighted by molar-refractivity contribution is -0.123. The summed E-state index contributed by atoms with van der Waals surface area (Å²) < 4.78 is 5.43. The van der Waals surface area contributed by atoms with E-state index in [4.69, 9.17) is 17.0 Å². The van der Waals surface area contributed by atoms with E-state index in [9.17, 15) is 4.79 Å². The predicted octanol–water partition coefficient (Wildman–Crippen LogP) is 2.92. The summed E-state index contributed by atoms with van der Waals surface area (Å²) in [7, 11) is 0. The highest BCUT2D eigenvalue weighted by molar-refractivity contribution is 7.99. The van der Waals surface area contributed by atoms with Gasteiger partial charge in [0.15, 0.2) is 11.7 Å². The SMILES string of the molecule is CCc1ccc(OCC(=O)NNC(=S)NCCSc2ccccc2)cc1. The summed E-state index contributed by atoms with van der Waals surface area (Å²) in [5.41, 5.74) is 6.40. The van der Waals surface area contributed by atoms with Crippen molar-refractivity contribution in [2.24, 2.45) is 0 Å². The second kappa shape index (κ2) is 11.4. The van der Waals surface area contributed by atoms with Crippen LogP contribution in [0.1, 0.15) is 12.5 Å². The number of carbonyl (C=O) groups is 1. The van der Waals surface area contributed by atoms with Crippen molar-refractivity contribution >= 4 is 35.0 Å². The molecule has 1 amide bonds. The zero-order valence-electron chi connectivity index (χ0n) is 14.7. The number of aryl methyl sites for hydroxylation is 1. The third kappa shape index (κ3) is 7.76. The highest BCUT2D eigenvalue weighted by atomic mass is 32.2. The largest absolute Gasteiger partial charge is 0.484 e. The Labute approximate surface area is 163 Å². The Balaban J connectivity index is 1.55. The topological polar surface area (TPSA) is 62.4 Å². The Hall–Kier alpha value is -2.25. The molecule has 0 radical (unpaired) electrons. The van der Waals surface area contributed by atoms with Gasteiger partial charge in [-0.2, -0.15) is 0 Å². The number of nitrogens with one attached hydrogen (secondary N) is 3. The van der Waals surface area contributed by atoms with Gasteiger partial charge in [-0.15, -0.1) is 11.8 Å². The van der Waals surface area contributed by atoms with Gasteiger partial charge in [-0.1, -0.05) is 37.3 Å². The number of ether oxygens (including phenoxy) is 1. The van der Waals surface area contributed by atoms with Crippen LogP contribution >= 0.6 is 24.0 Å². The van der Waals surface area contributed by atoms with Gasteiger partial charge >= 0.3 is 0 Å². The number of amides is 1. The lowest BCUT2D eigenvalue weighted by Crippen LogP contribution is -2.48. The maximum absolute atomic E-state index is 11.8. The molecular formula is C19H23N3O2S2. The van der Waals surface area contributed by atoms with Crippen LogP contribution in [0.2, 0.25) is 0 Å². The molecule has 0 aliphatic heterocycles. The van der Waals surface area contributed by atoms with Crippen LogP contribution in [0, 0.1) is 0 Å². The molecule has 0 unspecified atom stereocenters. The summed E-state index contributed by atoms with van der Waals surface area (Å²) in [5.74, 6) is 1.24. The zero-order chi connectivity index (χ0) is 18.6. The average molecular weight is 390 g/mol. The lowest BCUT2D eigenvalue weighted by atomic mass is 10.2. The zero-order valence-corrected chi connectivity index (χ0v) is 16.3. The molecule has 0 aromatic heterocycles. The molecule has 0 saturated carbocycles. The quantitative estimate of drug-likeness (QED) is 0.279. The summed E-state index contributed by atoms with van der Waals surface area (Å²) in [6.07, 6.45) is 0.971. The summed E-state index contributed by atoms with van der Waals surface area (Å²) in [6, 6.07) is 17.8. The first-order valence-corrected chi connectivity index (χ1v) is 9.79. The smallest absolute Gasteiger partial charge is 0.276 e. The van der Waals surface area contributed by atoms with Crippen molar-refractivity contribution < 1.29 is 9.53 Å². The first-order chi connectivity index (χ1) is 12.7. The molecule has 0 saturated heterocycles. The van der Waals surface area contributed by atoms with E-state index in [0.717, 1.165) is 12.2 Å². The fraction of sp³-hybridized carbons (Fsp3) is 0.263. The van der Waals surface area contributed by atoms with Gasteiger partial charge in [0.2, 0.25) is 0 Å². The standard InChI is InChI=1S/C19H23N3O2S2/c1-2-15-8-10-16(11-9-15)24-14-18(23)21-22-19(25)20-12-13-26-17-6-4-3-5-7-17/h3-11H,2,12-14H2,1H3,(H,21,23)(H2,20,22,25). The van der Waals surface area contributed by atoms with E-state index in [1.165, 1.54) is 10.5 Å². The van der Waals surface area contributed by atoms with Gasteiger partial charge in [-0.05, 0) is 48.5 Å². The fourth-order valence-electron chi connectivity index (χ4n) is 2.03. The predicted molar refractivity (Wildman–Crippen MR) is 110 cm³/mol. The van der Waals surface area contributed by atoms with Crippen molar-refractivity contribution in [3.05, 3.63) is 60.2 Å². The Bertz CT molecular complexity index is 694. The maximum Gasteiger partial charge on any atom is 0.276 e. The molecular weight excluding hydrogens is 366 g/mol. The Kier molecular flexibility index (Phi) is 8.78. The number of benzene rings is 2. The minimum absolute atomic E-state index is 0.0784. The number of rotatable bonds is 8.